The van der Waals surface area contributed by atoms with E-state index in [4.69, 9.17) is 19.6 Å². The van der Waals surface area contributed by atoms with Crippen LogP contribution in [-0.4, -0.2) is 34.0 Å². The molecule has 0 N–H and O–H groups in total. The second-order valence-corrected chi connectivity index (χ2v) is 11.3. The van der Waals surface area contributed by atoms with Crippen molar-refractivity contribution in [2.24, 2.45) is 4.99 Å². The number of hydrogen-bond acceptors (Lipinski definition) is 7. The molecule has 0 fully saturated rings. The number of para-hydroxylation sites is 1. The van der Waals surface area contributed by atoms with Crippen LogP contribution in [0.3, 0.4) is 0 Å². The van der Waals surface area contributed by atoms with Gasteiger partial charge in [-0.1, -0.05) is 84.2 Å². The number of fused-ring (bicyclic) bond motifs is 1. The van der Waals surface area contributed by atoms with Crippen molar-refractivity contribution in [3.8, 4) is 22.7 Å². The Labute approximate surface area is 258 Å². The minimum absolute atomic E-state index is 0.0442. The van der Waals surface area contributed by atoms with Gasteiger partial charge in [-0.05, 0) is 49.8 Å². The third-order valence-corrected chi connectivity index (χ3v) is 8.36. The van der Waals surface area contributed by atoms with Gasteiger partial charge in [-0.25, -0.2) is 14.5 Å². The van der Waals surface area contributed by atoms with Gasteiger partial charge in [-0.15, -0.1) is 0 Å². The molecular formula is C35H30N4O4S. The Kier molecular flexibility index (Phi) is 7.95. The van der Waals surface area contributed by atoms with Gasteiger partial charge in [0, 0.05) is 17.3 Å². The number of nitrogens with zero attached hydrogens (tertiary/aromatic N) is 4. The lowest BCUT2D eigenvalue weighted by atomic mass is 9.96. The van der Waals surface area contributed by atoms with Crippen LogP contribution in [0.5, 0.6) is 5.75 Å². The van der Waals surface area contributed by atoms with E-state index >= 15 is 0 Å². The topological polar surface area (TPSA) is 87.7 Å². The molecule has 0 radical (unpaired) electrons. The van der Waals surface area contributed by atoms with E-state index in [9.17, 15) is 9.59 Å². The molecule has 0 saturated carbocycles. The van der Waals surface area contributed by atoms with Crippen LogP contribution in [0, 0.1) is 6.92 Å². The molecule has 0 saturated heterocycles. The molecule has 0 bridgehead atoms. The lowest BCUT2D eigenvalue weighted by Crippen LogP contribution is -2.39. The second kappa shape index (κ2) is 12.1. The molecule has 9 heteroatoms. The molecule has 0 spiro atoms. The summed E-state index contributed by atoms with van der Waals surface area (Å²) in [5, 5.41) is 4.91. The smallest absolute Gasteiger partial charge is 0.338 e. The van der Waals surface area contributed by atoms with Crippen molar-refractivity contribution in [1.29, 1.82) is 0 Å². The van der Waals surface area contributed by atoms with Crippen LogP contribution >= 0.6 is 11.3 Å². The third kappa shape index (κ3) is 5.45. The number of esters is 1. The SMILES string of the molecule is C=CCOC(=O)C1=C(C)N=c2sc(=Cc3cn(-c4ccccc4)nc3-c3ccc(C)cc3)c(=O)n2C1c1ccc(OC)cc1. The van der Waals surface area contributed by atoms with E-state index in [1.807, 2.05) is 90.6 Å². The molecule has 5 aromatic rings. The van der Waals surface area contributed by atoms with Gasteiger partial charge in [0.1, 0.15) is 12.4 Å². The van der Waals surface area contributed by atoms with Gasteiger partial charge < -0.3 is 9.47 Å². The Balaban J connectivity index is 1.54. The van der Waals surface area contributed by atoms with Crippen LogP contribution in [0.2, 0.25) is 0 Å². The molecule has 6 rings (SSSR count). The molecule has 1 aliphatic heterocycles. The summed E-state index contributed by atoms with van der Waals surface area (Å²) in [6.45, 7) is 7.49. The average Bonchev–Trinajstić information content (AvgIpc) is 3.60. The van der Waals surface area contributed by atoms with Crippen LogP contribution in [0.25, 0.3) is 23.0 Å². The molecule has 0 aliphatic carbocycles. The molecule has 220 valence electrons. The summed E-state index contributed by atoms with van der Waals surface area (Å²) in [4.78, 5) is 32.7. The van der Waals surface area contributed by atoms with Gasteiger partial charge >= 0.3 is 5.97 Å². The van der Waals surface area contributed by atoms with Gasteiger partial charge in [0.2, 0.25) is 0 Å². The number of thiazole rings is 1. The number of allylic oxidation sites excluding steroid dienone is 1. The molecule has 3 heterocycles. The minimum atomic E-state index is -0.736. The monoisotopic (exact) mass is 602 g/mol. The largest absolute Gasteiger partial charge is 0.497 e. The summed E-state index contributed by atoms with van der Waals surface area (Å²) in [6, 6.07) is 24.5. The highest BCUT2D eigenvalue weighted by Gasteiger charge is 2.33. The first-order chi connectivity index (χ1) is 21.4. The number of rotatable bonds is 8. The summed E-state index contributed by atoms with van der Waals surface area (Å²) >= 11 is 1.27. The Bertz CT molecular complexity index is 2070. The maximum Gasteiger partial charge on any atom is 0.338 e. The maximum absolute atomic E-state index is 14.2. The molecule has 8 nitrogen and oxygen atoms in total. The number of aromatic nitrogens is 3. The highest BCUT2D eigenvalue weighted by molar-refractivity contribution is 7.07. The number of carbonyl (C=O) groups is 1. The van der Waals surface area contributed by atoms with E-state index in [0.29, 0.717) is 26.4 Å². The molecule has 1 unspecified atom stereocenters. The van der Waals surface area contributed by atoms with Crippen LogP contribution in [0.15, 0.2) is 119 Å². The summed E-state index contributed by atoms with van der Waals surface area (Å²) < 4.78 is 14.6. The number of methoxy groups -OCH3 is 1. The van der Waals surface area contributed by atoms with Crippen molar-refractivity contribution in [1.82, 2.24) is 14.3 Å². The van der Waals surface area contributed by atoms with Gasteiger partial charge in [-0.2, -0.15) is 5.10 Å². The fraction of sp³-hybridized carbons (Fsp3) is 0.143. The fourth-order valence-corrected chi connectivity index (χ4v) is 6.22. The Morgan fingerprint density at radius 2 is 1.75 bits per heavy atom. The quantitative estimate of drug-likeness (QED) is 0.182. The summed E-state index contributed by atoms with van der Waals surface area (Å²) in [7, 11) is 1.59. The van der Waals surface area contributed by atoms with Crippen LogP contribution in [-0.2, 0) is 9.53 Å². The first-order valence-corrected chi connectivity index (χ1v) is 14.9. The standard InChI is InChI=1S/C35H30N4O4S/c1-5-19-43-34(41)30-23(3)36-35-39(32(30)25-15-17-28(42-4)18-16-25)33(40)29(44-35)20-26-21-38(27-9-7-6-8-10-27)37-31(26)24-13-11-22(2)12-14-24/h5-18,20-21,32H,1,19H2,2-4H3. The molecule has 44 heavy (non-hydrogen) atoms. The van der Waals surface area contributed by atoms with E-state index in [0.717, 1.165) is 33.6 Å². The second-order valence-electron chi connectivity index (χ2n) is 10.3. The van der Waals surface area contributed by atoms with Gasteiger partial charge in [-0.3, -0.25) is 9.36 Å². The normalized spacial score (nSPS) is 14.6. The summed E-state index contributed by atoms with van der Waals surface area (Å²) in [5.41, 5.74) is 5.76. The Morgan fingerprint density at radius 3 is 2.43 bits per heavy atom. The summed E-state index contributed by atoms with van der Waals surface area (Å²) in [6.07, 6.45) is 5.28. The zero-order valence-corrected chi connectivity index (χ0v) is 25.4. The molecular weight excluding hydrogens is 572 g/mol. The van der Waals surface area contributed by atoms with Crippen LogP contribution in [0.4, 0.5) is 0 Å². The number of benzene rings is 3. The molecule has 2 aromatic heterocycles. The number of ether oxygens (including phenoxy) is 2. The van der Waals surface area contributed by atoms with E-state index in [1.54, 1.807) is 30.7 Å². The first-order valence-electron chi connectivity index (χ1n) is 14.0. The number of aryl methyl sites for hydroxylation is 1. The van der Waals surface area contributed by atoms with Gasteiger partial charge in [0.15, 0.2) is 4.80 Å². The lowest BCUT2D eigenvalue weighted by molar-refractivity contribution is -0.138. The highest BCUT2D eigenvalue weighted by Crippen LogP contribution is 2.32. The van der Waals surface area contributed by atoms with Crippen molar-refractivity contribution in [3.05, 3.63) is 145 Å². The van der Waals surface area contributed by atoms with Crippen molar-refractivity contribution in [2.45, 2.75) is 19.9 Å². The van der Waals surface area contributed by atoms with E-state index < -0.39 is 12.0 Å². The first kappa shape index (κ1) is 28.8. The molecule has 1 aliphatic rings. The Hall–Kier alpha value is -5.28. The zero-order valence-electron chi connectivity index (χ0n) is 24.6. The maximum atomic E-state index is 14.2. The highest BCUT2D eigenvalue weighted by atomic mass is 32.1. The molecule has 0 amide bonds. The van der Waals surface area contributed by atoms with Crippen molar-refractivity contribution < 1.29 is 14.3 Å². The van der Waals surface area contributed by atoms with E-state index in [-0.39, 0.29) is 12.2 Å². The van der Waals surface area contributed by atoms with Crippen molar-refractivity contribution in [2.75, 3.05) is 13.7 Å². The number of hydrogen-bond donors (Lipinski definition) is 0. The van der Waals surface area contributed by atoms with E-state index in [2.05, 4.69) is 6.58 Å². The average molecular weight is 603 g/mol. The van der Waals surface area contributed by atoms with Crippen molar-refractivity contribution >= 4 is 23.4 Å². The van der Waals surface area contributed by atoms with E-state index in [1.165, 1.54) is 17.4 Å². The number of carbonyl (C=O) groups excluding carboxylic acids is 1. The predicted octanol–water partition coefficient (Wildman–Crippen LogP) is 5.13. The minimum Gasteiger partial charge on any atom is -0.497 e. The van der Waals surface area contributed by atoms with Crippen molar-refractivity contribution in [3.63, 3.8) is 0 Å². The van der Waals surface area contributed by atoms with Crippen LogP contribution in [0.1, 0.15) is 29.7 Å². The predicted molar refractivity (Wildman–Crippen MR) is 172 cm³/mol. The molecule has 1 atom stereocenters. The van der Waals surface area contributed by atoms with Gasteiger partial charge in [0.05, 0.1) is 40.3 Å². The van der Waals surface area contributed by atoms with Gasteiger partial charge in [0.25, 0.3) is 5.56 Å². The van der Waals surface area contributed by atoms with Crippen LogP contribution < -0.4 is 19.6 Å². The third-order valence-electron chi connectivity index (χ3n) is 7.38. The lowest BCUT2D eigenvalue weighted by Gasteiger charge is -2.24. The fourth-order valence-electron chi connectivity index (χ4n) is 5.18. The molecule has 3 aromatic carbocycles. The Morgan fingerprint density at radius 1 is 1.02 bits per heavy atom. The zero-order chi connectivity index (χ0) is 30.8. The summed E-state index contributed by atoms with van der Waals surface area (Å²) in [5.74, 6) is 0.115.